The van der Waals surface area contributed by atoms with E-state index in [-0.39, 0.29) is 31.5 Å². The maximum atomic E-state index is 12.6. The van der Waals surface area contributed by atoms with Crippen molar-refractivity contribution in [2.45, 2.75) is 32.4 Å². The highest BCUT2D eigenvalue weighted by molar-refractivity contribution is 5.37. The van der Waals surface area contributed by atoms with Gasteiger partial charge in [0.05, 0.1) is 5.92 Å². The number of hydrogen-bond donors (Lipinski definition) is 1. The van der Waals surface area contributed by atoms with E-state index in [0.29, 0.717) is 18.1 Å². The highest BCUT2D eigenvalue weighted by atomic mass is 19.4. The summed E-state index contributed by atoms with van der Waals surface area (Å²) in [7, 11) is 0. The van der Waals surface area contributed by atoms with Gasteiger partial charge >= 0.3 is 6.18 Å². The molecule has 0 saturated carbocycles. The number of piperidine rings is 1. The fourth-order valence-corrected chi connectivity index (χ4v) is 2.26. The van der Waals surface area contributed by atoms with Gasteiger partial charge in [-0.25, -0.2) is 4.98 Å². The van der Waals surface area contributed by atoms with Gasteiger partial charge in [-0.05, 0) is 12.8 Å². The van der Waals surface area contributed by atoms with Crippen molar-refractivity contribution in [2.24, 2.45) is 5.92 Å². The highest BCUT2D eigenvalue weighted by Crippen LogP contribution is 2.34. The average Bonchev–Trinajstić information content (AvgIpc) is 2.37. The van der Waals surface area contributed by atoms with Gasteiger partial charge in [-0.1, -0.05) is 6.92 Å². The molecule has 106 valence electrons. The Morgan fingerprint density at radius 1 is 1.42 bits per heavy atom. The number of alkyl halides is 3. The summed E-state index contributed by atoms with van der Waals surface area (Å²) >= 11 is 0. The molecule has 1 aromatic rings. The first-order chi connectivity index (χ1) is 8.90. The van der Waals surface area contributed by atoms with Crippen molar-refractivity contribution < 1.29 is 13.2 Å². The van der Waals surface area contributed by atoms with Crippen molar-refractivity contribution in [3.63, 3.8) is 0 Å². The van der Waals surface area contributed by atoms with Gasteiger partial charge in [-0.3, -0.25) is 4.79 Å². The van der Waals surface area contributed by atoms with E-state index in [2.05, 4.69) is 9.97 Å². The lowest BCUT2D eigenvalue weighted by Gasteiger charge is -2.33. The van der Waals surface area contributed by atoms with Crippen molar-refractivity contribution >= 4 is 5.82 Å². The van der Waals surface area contributed by atoms with E-state index < -0.39 is 12.1 Å². The van der Waals surface area contributed by atoms with Crippen LogP contribution in [0, 0.1) is 5.92 Å². The molecule has 0 spiro atoms. The molecule has 1 aromatic heterocycles. The third kappa shape index (κ3) is 3.27. The van der Waals surface area contributed by atoms with Crippen LogP contribution in [0.2, 0.25) is 0 Å². The van der Waals surface area contributed by atoms with Crippen molar-refractivity contribution in [1.82, 2.24) is 9.97 Å². The predicted molar refractivity (Wildman–Crippen MR) is 65.2 cm³/mol. The van der Waals surface area contributed by atoms with Crippen LogP contribution in [-0.2, 0) is 6.42 Å². The van der Waals surface area contributed by atoms with Gasteiger partial charge in [0.25, 0.3) is 5.56 Å². The lowest BCUT2D eigenvalue weighted by Crippen LogP contribution is -2.39. The second-order valence-electron chi connectivity index (χ2n) is 4.71. The highest BCUT2D eigenvalue weighted by Gasteiger charge is 2.41. The fraction of sp³-hybridized carbons (Fsp3) is 0.667. The minimum absolute atomic E-state index is 0.0550. The number of aromatic amines is 1. The van der Waals surface area contributed by atoms with Crippen molar-refractivity contribution in [2.75, 3.05) is 18.0 Å². The number of aromatic nitrogens is 2. The molecule has 0 amide bonds. The number of H-pyrrole nitrogens is 1. The lowest BCUT2D eigenvalue weighted by atomic mass is 9.96. The first kappa shape index (κ1) is 13.9. The van der Waals surface area contributed by atoms with Gasteiger partial charge in [-0.2, -0.15) is 13.2 Å². The zero-order valence-electron chi connectivity index (χ0n) is 10.6. The molecule has 1 aliphatic heterocycles. The maximum absolute atomic E-state index is 12.6. The standard InChI is InChI=1S/C12H16F3N3O/c1-2-9-16-10(7-11(19)17-9)18-5-3-8(4-6-18)12(13,14)15/h7-8H,2-6H2,1H3,(H,16,17,19). The molecule has 0 aliphatic carbocycles. The van der Waals surface area contributed by atoms with Gasteiger partial charge in [0.2, 0.25) is 0 Å². The summed E-state index contributed by atoms with van der Waals surface area (Å²) in [6.07, 6.45) is -3.43. The Labute approximate surface area is 108 Å². The number of anilines is 1. The molecule has 0 unspecified atom stereocenters. The number of rotatable bonds is 2. The summed E-state index contributed by atoms with van der Waals surface area (Å²) in [4.78, 5) is 20.0. The monoisotopic (exact) mass is 275 g/mol. The first-order valence-corrected chi connectivity index (χ1v) is 6.32. The topological polar surface area (TPSA) is 49.0 Å². The van der Waals surface area contributed by atoms with Crippen LogP contribution in [0.4, 0.5) is 19.0 Å². The van der Waals surface area contributed by atoms with E-state index in [1.165, 1.54) is 6.07 Å². The predicted octanol–water partition coefficient (Wildman–Crippen LogP) is 2.11. The third-order valence-electron chi connectivity index (χ3n) is 3.39. The summed E-state index contributed by atoms with van der Waals surface area (Å²) in [6.45, 7) is 2.42. The molecule has 1 fully saturated rings. The maximum Gasteiger partial charge on any atom is 0.391 e. The van der Waals surface area contributed by atoms with Crippen LogP contribution in [0.15, 0.2) is 10.9 Å². The summed E-state index contributed by atoms with van der Waals surface area (Å²) in [5.41, 5.74) is -0.264. The Balaban J connectivity index is 2.09. The average molecular weight is 275 g/mol. The lowest BCUT2D eigenvalue weighted by molar-refractivity contribution is -0.179. The summed E-state index contributed by atoms with van der Waals surface area (Å²) in [5, 5.41) is 0. The molecule has 19 heavy (non-hydrogen) atoms. The Morgan fingerprint density at radius 3 is 2.58 bits per heavy atom. The van der Waals surface area contributed by atoms with Crippen LogP contribution in [0.25, 0.3) is 0 Å². The molecule has 2 rings (SSSR count). The quantitative estimate of drug-likeness (QED) is 0.899. The number of nitrogens with one attached hydrogen (secondary N) is 1. The minimum Gasteiger partial charge on any atom is -0.356 e. The zero-order chi connectivity index (χ0) is 14.0. The van der Waals surface area contributed by atoms with E-state index in [9.17, 15) is 18.0 Å². The van der Waals surface area contributed by atoms with Crippen LogP contribution < -0.4 is 10.5 Å². The van der Waals surface area contributed by atoms with E-state index in [4.69, 9.17) is 0 Å². The molecule has 1 aliphatic rings. The van der Waals surface area contributed by atoms with E-state index in [1.54, 1.807) is 4.90 Å². The normalized spacial score (nSPS) is 17.8. The minimum atomic E-state index is -4.12. The Bertz CT molecular complexity index is 490. The van der Waals surface area contributed by atoms with Gasteiger partial charge in [0.15, 0.2) is 0 Å². The van der Waals surface area contributed by atoms with Gasteiger partial charge in [0.1, 0.15) is 11.6 Å². The SMILES string of the molecule is CCc1nc(N2CCC(C(F)(F)F)CC2)cc(=O)[nH]1. The van der Waals surface area contributed by atoms with Gasteiger partial charge < -0.3 is 9.88 Å². The summed E-state index contributed by atoms with van der Waals surface area (Å²) in [6, 6.07) is 1.34. The molecule has 1 N–H and O–H groups in total. The van der Waals surface area contributed by atoms with E-state index >= 15 is 0 Å². The molecular formula is C12H16F3N3O. The molecular weight excluding hydrogens is 259 g/mol. The number of halogens is 3. The Hall–Kier alpha value is -1.53. The van der Waals surface area contributed by atoms with E-state index in [1.807, 2.05) is 6.92 Å². The number of aryl methyl sites for hydroxylation is 1. The Kier molecular flexibility index (Phi) is 3.82. The second-order valence-corrected chi connectivity index (χ2v) is 4.71. The van der Waals surface area contributed by atoms with Crippen LogP contribution in [0.3, 0.4) is 0 Å². The second kappa shape index (κ2) is 5.22. The van der Waals surface area contributed by atoms with Gasteiger partial charge in [0, 0.05) is 25.6 Å². The smallest absolute Gasteiger partial charge is 0.356 e. The van der Waals surface area contributed by atoms with Crippen LogP contribution in [0.5, 0.6) is 0 Å². The van der Waals surface area contributed by atoms with Crippen molar-refractivity contribution in [3.8, 4) is 0 Å². The zero-order valence-corrected chi connectivity index (χ0v) is 10.6. The van der Waals surface area contributed by atoms with Crippen LogP contribution >= 0.6 is 0 Å². The first-order valence-electron chi connectivity index (χ1n) is 6.32. The van der Waals surface area contributed by atoms with E-state index in [0.717, 1.165) is 0 Å². The molecule has 0 radical (unpaired) electrons. The molecule has 0 atom stereocenters. The molecule has 0 bridgehead atoms. The van der Waals surface area contributed by atoms with Crippen molar-refractivity contribution in [3.05, 3.63) is 22.2 Å². The fourth-order valence-electron chi connectivity index (χ4n) is 2.26. The largest absolute Gasteiger partial charge is 0.391 e. The van der Waals surface area contributed by atoms with Gasteiger partial charge in [-0.15, -0.1) is 0 Å². The summed E-state index contributed by atoms with van der Waals surface area (Å²) in [5.74, 6) is -0.210. The number of hydrogen-bond acceptors (Lipinski definition) is 3. The number of nitrogens with zero attached hydrogens (tertiary/aromatic N) is 2. The van der Waals surface area contributed by atoms with Crippen molar-refractivity contribution in [1.29, 1.82) is 0 Å². The molecule has 0 aromatic carbocycles. The summed E-state index contributed by atoms with van der Waals surface area (Å²) < 4.78 is 37.7. The molecule has 7 heteroatoms. The Morgan fingerprint density at radius 2 is 2.05 bits per heavy atom. The van der Waals surface area contributed by atoms with Crippen LogP contribution in [0.1, 0.15) is 25.6 Å². The molecule has 4 nitrogen and oxygen atoms in total. The molecule has 2 heterocycles. The molecule has 1 saturated heterocycles. The van der Waals surface area contributed by atoms with Crippen LogP contribution in [-0.4, -0.2) is 29.2 Å². The third-order valence-corrected chi connectivity index (χ3v) is 3.39.